The predicted molar refractivity (Wildman–Crippen MR) is 91.6 cm³/mol. The fraction of sp³-hybridized carbons (Fsp3) is 0.143. The van der Waals surface area contributed by atoms with Crippen molar-refractivity contribution >= 4 is 28.0 Å². The molecule has 1 aromatic heterocycles. The molecule has 0 fully saturated rings. The lowest BCUT2D eigenvalue weighted by Gasteiger charge is -2.39. The molecule has 0 radical (unpaired) electrons. The van der Waals surface area contributed by atoms with Crippen LogP contribution in [0.15, 0.2) is 60.3 Å². The largest absolute Gasteiger partial charge is 0.354 e. The highest BCUT2D eigenvalue weighted by atomic mass is 15.3. The van der Waals surface area contributed by atoms with E-state index in [4.69, 9.17) is 0 Å². The quantitative estimate of drug-likeness (QED) is 0.442. The number of benzene rings is 2. The molecule has 0 unspecified atom stereocenters. The number of fused-ring (bicyclic) bond motifs is 1. The summed E-state index contributed by atoms with van der Waals surface area (Å²) in [6, 6.07) is 13.4. The summed E-state index contributed by atoms with van der Waals surface area (Å²) >= 11 is 0. The van der Waals surface area contributed by atoms with Crippen LogP contribution >= 0.6 is 0 Å². The minimum absolute atomic E-state index is 0.00751. The van der Waals surface area contributed by atoms with Gasteiger partial charge in [0.25, 0.3) is 0 Å². The second-order valence-electron chi connectivity index (χ2n) is 7.19. The number of hydrogen-bond donors (Lipinski definition) is 0. The summed E-state index contributed by atoms with van der Waals surface area (Å²) in [6.07, 6.45) is 10.2. The van der Waals surface area contributed by atoms with Gasteiger partial charge in [-0.15, -0.1) is 16.8 Å². The molecule has 0 amide bonds. The number of hydrogen-bond acceptors (Lipinski definition) is 0. The molecule has 0 bridgehead atoms. The van der Waals surface area contributed by atoms with Crippen LogP contribution in [-0.2, 0) is 5.41 Å². The first-order chi connectivity index (χ1) is 11.2. The smallest absolute Gasteiger partial charge is 0.269 e. The molecule has 3 aliphatic heterocycles. The molecule has 0 aliphatic carbocycles. The summed E-state index contributed by atoms with van der Waals surface area (Å²) in [6.45, 7) is 4.68. The van der Waals surface area contributed by atoms with Crippen LogP contribution in [0.3, 0.4) is 0 Å². The lowest BCUT2D eigenvalue weighted by Crippen LogP contribution is -2.56. The second kappa shape index (κ2) is 3.43. The van der Waals surface area contributed by atoms with E-state index in [-0.39, 0.29) is 5.41 Å². The molecular formula is C21H16N2. The molecule has 0 saturated carbocycles. The van der Waals surface area contributed by atoms with Crippen molar-refractivity contribution in [1.82, 2.24) is 0 Å². The van der Waals surface area contributed by atoms with Gasteiger partial charge in [-0.2, -0.15) is 22.8 Å². The van der Waals surface area contributed by atoms with Crippen molar-refractivity contribution in [2.75, 3.05) is 0 Å². The highest BCUT2D eigenvalue weighted by molar-refractivity contribution is 6.10. The Morgan fingerprint density at radius 3 is 2.83 bits per heavy atom. The van der Waals surface area contributed by atoms with E-state index in [9.17, 15) is 0 Å². The number of allylic oxidation sites excluding steroid dienone is 2. The van der Waals surface area contributed by atoms with E-state index in [0.717, 1.165) is 0 Å². The van der Waals surface area contributed by atoms with Crippen molar-refractivity contribution in [1.29, 1.82) is 0 Å². The van der Waals surface area contributed by atoms with Crippen LogP contribution < -0.4 is 4.57 Å². The van der Waals surface area contributed by atoms with Crippen LogP contribution in [0.4, 0.5) is 0 Å². The summed E-state index contributed by atoms with van der Waals surface area (Å²) < 4.78 is 4.77. The standard InChI is InChI=1S/C21H16N2/c1-21(2)16-9-4-8-15-14-7-3-6-13-12-22-11-5-10-17(21)20(22)23(18(13)14)19(15)16/h3-12H,1-2H3. The number of para-hydroxylation sites is 2. The summed E-state index contributed by atoms with van der Waals surface area (Å²) in [5.74, 6) is 0. The summed E-state index contributed by atoms with van der Waals surface area (Å²) in [5, 5.41) is 2.72. The Kier molecular flexibility index (Phi) is 1.76. The van der Waals surface area contributed by atoms with Crippen molar-refractivity contribution in [2.24, 2.45) is 0 Å². The van der Waals surface area contributed by atoms with Gasteiger partial charge in [0, 0.05) is 17.2 Å². The zero-order valence-electron chi connectivity index (χ0n) is 13.2. The van der Waals surface area contributed by atoms with E-state index in [1.54, 1.807) is 0 Å². The average Bonchev–Trinajstić information content (AvgIpc) is 2.90. The second-order valence-corrected chi connectivity index (χ2v) is 7.19. The van der Waals surface area contributed by atoms with Gasteiger partial charge in [-0.05, 0) is 5.41 Å². The molecular weight excluding hydrogens is 280 g/mol. The Bertz CT molecular complexity index is 1140. The number of aromatic nitrogens is 1. The normalized spacial score (nSPS) is 19.5. The molecule has 4 heterocycles. The fourth-order valence-corrected chi connectivity index (χ4v) is 4.60. The summed E-state index contributed by atoms with van der Waals surface area (Å²) in [5.41, 5.74) is 6.83. The van der Waals surface area contributed by atoms with Gasteiger partial charge in [-0.3, -0.25) is 4.57 Å². The monoisotopic (exact) mass is 296 g/mol. The highest BCUT2D eigenvalue weighted by Crippen LogP contribution is 2.47. The highest BCUT2D eigenvalue weighted by Gasteiger charge is 2.47. The van der Waals surface area contributed by atoms with Gasteiger partial charge in [-0.25, -0.2) is 0 Å². The molecule has 23 heavy (non-hydrogen) atoms. The van der Waals surface area contributed by atoms with E-state index in [1.165, 1.54) is 44.7 Å². The Morgan fingerprint density at radius 2 is 1.91 bits per heavy atom. The zero-order chi connectivity index (χ0) is 15.3. The Labute approximate surface area is 134 Å². The molecule has 0 saturated heterocycles. The molecule has 3 aliphatic rings. The van der Waals surface area contributed by atoms with Crippen LogP contribution in [0, 0.1) is 6.17 Å². The van der Waals surface area contributed by atoms with Gasteiger partial charge < -0.3 is 0 Å². The fourth-order valence-electron chi connectivity index (χ4n) is 4.60. The number of rotatable bonds is 0. The minimum atomic E-state index is 0.00751. The van der Waals surface area contributed by atoms with E-state index >= 15 is 0 Å². The van der Waals surface area contributed by atoms with Crippen molar-refractivity contribution in [3.05, 3.63) is 77.6 Å². The maximum atomic E-state index is 2.48. The van der Waals surface area contributed by atoms with Crippen LogP contribution in [0.2, 0.25) is 0 Å². The summed E-state index contributed by atoms with van der Waals surface area (Å²) in [7, 11) is 0. The topological polar surface area (TPSA) is 6.89 Å². The molecule has 6 rings (SSSR count). The SMILES string of the molecule is CC1(C)C2=CC=C[N+]3=Cc4cccc5c6cccc1[c-]6[n+](c45)[C-]23. The van der Waals surface area contributed by atoms with Crippen LogP contribution in [0.5, 0.6) is 0 Å². The van der Waals surface area contributed by atoms with E-state index in [2.05, 4.69) is 84.0 Å². The lowest BCUT2D eigenvalue weighted by atomic mass is 9.72. The van der Waals surface area contributed by atoms with Gasteiger partial charge in [-0.1, -0.05) is 37.6 Å². The molecule has 110 valence electrons. The van der Waals surface area contributed by atoms with Crippen LogP contribution in [0.1, 0.15) is 25.0 Å². The summed E-state index contributed by atoms with van der Waals surface area (Å²) in [4.78, 5) is 0. The first kappa shape index (κ1) is 11.8. The Morgan fingerprint density at radius 1 is 1.04 bits per heavy atom. The molecule has 2 nitrogen and oxygen atoms in total. The Hall–Kier alpha value is -2.74. The van der Waals surface area contributed by atoms with Crippen LogP contribution in [-0.4, -0.2) is 10.8 Å². The molecule has 0 atom stereocenters. The first-order valence-electron chi connectivity index (χ1n) is 8.14. The number of nitrogens with zero attached hydrogens (tertiary/aromatic N) is 2. The molecule has 3 aromatic rings. The maximum absolute atomic E-state index is 2.48. The third-order valence-electron chi connectivity index (χ3n) is 5.67. The van der Waals surface area contributed by atoms with Crippen LogP contribution in [0.25, 0.3) is 21.8 Å². The van der Waals surface area contributed by atoms with Crippen molar-refractivity contribution < 1.29 is 9.14 Å². The predicted octanol–water partition coefficient (Wildman–Crippen LogP) is 3.53. The lowest BCUT2D eigenvalue weighted by molar-refractivity contribution is -0.739. The van der Waals surface area contributed by atoms with Gasteiger partial charge in [0.2, 0.25) is 0 Å². The van der Waals surface area contributed by atoms with Gasteiger partial charge in [0.05, 0.1) is 11.0 Å². The molecule has 0 N–H and O–H groups in total. The zero-order valence-corrected chi connectivity index (χ0v) is 13.2. The van der Waals surface area contributed by atoms with Crippen molar-refractivity contribution in [2.45, 2.75) is 19.3 Å². The van der Waals surface area contributed by atoms with Crippen molar-refractivity contribution in [3.8, 4) is 0 Å². The molecule has 2 aromatic carbocycles. The third-order valence-corrected chi connectivity index (χ3v) is 5.67. The van der Waals surface area contributed by atoms with E-state index < -0.39 is 0 Å². The third kappa shape index (κ3) is 1.13. The maximum Gasteiger partial charge on any atom is 0.354 e. The van der Waals surface area contributed by atoms with Gasteiger partial charge >= 0.3 is 6.17 Å². The molecule has 2 heteroatoms. The average molecular weight is 296 g/mol. The van der Waals surface area contributed by atoms with E-state index in [1.807, 2.05) is 0 Å². The van der Waals surface area contributed by atoms with Gasteiger partial charge in [0.15, 0.2) is 12.4 Å². The van der Waals surface area contributed by atoms with E-state index in [0.29, 0.717) is 0 Å². The molecule has 0 spiro atoms. The van der Waals surface area contributed by atoms with Crippen molar-refractivity contribution in [3.63, 3.8) is 0 Å². The minimum Gasteiger partial charge on any atom is -0.269 e. The van der Waals surface area contributed by atoms with Gasteiger partial charge in [0.1, 0.15) is 0 Å². The first-order valence-corrected chi connectivity index (χ1v) is 8.14. The Balaban J connectivity index is 1.99.